The fourth-order valence-corrected chi connectivity index (χ4v) is 2.77. The molecular weight excluding hydrogens is 273 g/mol. The first kappa shape index (κ1) is 15.2. The first-order chi connectivity index (χ1) is 8.02. The average molecular weight is 292 g/mol. The van der Waals surface area contributed by atoms with Crippen molar-refractivity contribution in [3.63, 3.8) is 0 Å². The lowest BCUT2D eigenvalue weighted by molar-refractivity contribution is 0.745. The number of hydrogen-bond donors (Lipinski definition) is 1. The smallest absolute Gasteiger partial charge is 0.0439 e. The Morgan fingerprint density at radius 1 is 1.35 bits per heavy atom. The van der Waals surface area contributed by atoms with Gasteiger partial charge in [0.15, 0.2) is 0 Å². The highest BCUT2D eigenvalue weighted by atomic mass is 35.5. The van der Waals surface area contributed by atoms with Crippen molar-refractivity contribution in [1.82, 2.24) is 0 Å². The predicted molar refractivity (Wildman–Crippen MR) is 80.4 cm³/mol. The molecule has 0 saturated carbocycles. The number of halogens is 2. The molecule has 2 unspecified atom stereocenters. The van der Waals surface area contributed by atoms with E-state index in [1.54, 1.807) is 6.07 Å². The van der Waals surface area contributed by atoms with Gasteiger partial charge < -0.3 is 5.73 Å². The van der Waals surface area contributed by atoms with E-state index in [2.05, 4.69) is 13.8 Å². The summed E-state index contributed by atoms with van der Waals surface area (Å²) in [5.74, 6) is 0.956. The summed E-state index contributed by atoms with van der Waals surface area (Å²) >= 11 is 14.0. The zero-order valence-electron chi connectivity index (χ0n) is 10.2. The molecule has 1 nitrogen and oxygen atoms in total. The third kappa shape index (κ3) is 5.52. The first-order valence-corrected chi connectivity index (χ1v) is 7.64. The van der Waals surface area contributed by atoms with Gasteiger partial charge in [0.25, 0.3) is 0 Å². The summed E-state index contributed by atoms with van der Waals surface area (Å²) < 4.78 is 0. The normalized spacial score (nSPS) is 14.6. The minimum atomic E-state index is 0.130. The van der Waals surface area contributed by atoms with E-state index in [0.717, 1.165) is 22.8 Å². The number of hydrogen-bond acceptors (Lipinski definition) is 2. The molecule has 0 bridgehead atoms. The largest absolute Gasteiger partial charge is 0.327 e. The molecule has 0 aliphatic carbocycles. The molecule has 2 atom stereocenters. The van der Waals surface area contributed by atoms with Gasteiger partial charge in [-0.05, 0) is 36.6 Å². The van der Waals surface area contributed by atoms with Gasteiger partial charge in [0.1, 0.15) is 0 Å². The lowest BCUT2D eigenvalue weighted by Crippen LogP contribution is -2.26. The van der Waals surface area contributed by atoms with Crippen LogP contribution in [0.3, 0.4) is 0 Å². The van der Waals surface area contributed by atoms with Crippen LogP contribution in [0.4, 0.5) is 0 Å². The summed E-state index contributed by atoms with van der Waals surface area (Å²) in [6.45, 7) is 4.42. The maximum absolute atomic E-state index is 6.11. The molecule has 0 spiro atoms. The number of benzene rings is 1. The van der Waals surface area contributed by atoms with Crippen LogP contribution in [0.2, 0.25) is 10.0 Å². The second kappa shape index (κ2) is 7.52. The van der Waals surface area contributed by atoms with Crippen molar-refractivity contribution in [3.05, 3.63) is 33.8 Å². The van der Waals surface area contributed by atoms with Crippen LogP contribution in [-0.2, 0) is 6.42 Å². The van der Waals surface area contributed by atoms with Crippen molar-refractivity contribution in [2.75, 3.05) is 5.75 Å². The summed E-state index contributed by atoms with van der Waals surface area (Å²) in [4.78, 5) is 0. The molecule has 0 radical (unpaired) electrons. The highest BCUT2D eigenvalue weighted by Crippen LogP contribution is 2.23. The molecule has 0 aliphatic heterocycles. The Balaban J connectivity index is 2.50. The van der Waals surface area contributed by atoms with E-state index in [4.69, 9.17) is 28.9 Å². The van der Waals surface area contributed by atoms with Crippen LogP contribution in [-0.4, -0.2) is 17.0 Å². The van der Waals surface area contributed by atoms with Gasteiger partial charge in [-0.1, -0.05) is 37.0 Å². The van der Waals surface area contributed by atoms with E-state index in [1.165, 1.54) is 6.42 Å². The fourth-order valence-electron chi connectivity index (χ4n) is 1.45. The van der Waals surface area contributed by atoms with Crippen LogP contribution < -0.4 is 5.73 Å². The maximum atomic E-state index is 6.11. The fraction of sp³-hybridized carbons (Fsp3) is 0.538. The van der Waals surface area contributed by atoms with Crippen LogP contribution in [0, 0.1) is 0 Å². The highest BCUT2D eigenvalue weighted by molar-refractivity contribution is 7.99. The topological polar surface area (TPSA) is 26.0 Å². The van der Waals surface area contributed by atoms with Gasteiger partial charge in [-0.3, -0.25) is 0 Å². The molecule has 1 aromatic rings. The molecule has 0 aliphatic rings. The van der Waals surface area contributed by atoms with Crippen molar-refractivity contribution in [2.45, 2.75) is 38.0 Å². The molecular formula is C13H19Cl2NS. The summed E-state index contributed by atoms with van der Waals surface area (Å²) in [5, 5.41) is 2.13. The molecule has 0 saturated heterocycles. The van der Waals surface area contributed by atoms with Crippen LogP contribution in [0.5, 0.6) is 0 Å². The van der Waals surface area contributed by atoms with Gasteiger partial charge in [0, 0.05) is 27.1 Å². The molecule has 1 aromatic carbocycles. The lowest BCUT2D eigenvalue weighted by atomic mass is 10.1. The minimum Gasteiger partial charge on any atom is -0.327 e. The van der Waals surface area contributed by atoms with Crippen molar-refractivity contribution in [2.24, 2.45) is 5.73 Å². The van der Waals surface area contributed by atoms with Crippen molar-refractivity contribution in [3.8, 4) is 0 Å². The van der Waals surface area contributed by atoms with E-state index >= 15 is 0 Å². The Bertz CT molecular complexity index is 357. The second-order valence-electron chi connectivity index (χ2n) is 4.25. The number of rotatable bonds is 6. The monoisotopic (exact) mass is 291 g/mol. The van der Waals surface area contributed by atoms with Crippen LogP contribution in [0.25, 0.3) is 0 Å². The minimum absolute atomic E-state index is 0.130. The molecule has 0 amide bonds. The van der Waals surface area contributed by atoms with Crippen molar-refractivity contribution < 1.29 is 0 Å². The van der Waals surface area contributed by atoms with E-state index in [-0.39, 0.29) is 6.04 Å². The second-order valence-corrected chi connectivity index (χ2v) is 6.57. The summed E-state index contributed by atoms with van der Waals surface area (Å²) in [5.41, 5.74) is 7.14. The molecule has 4 heteroatoms. The number of nitrogens with two attached hydrogens (primary N) is 1. The molecule has 1 rings (SSSR count). The Labute approximate surface area is 118 Å². The van der Waals surface area contributed by atoms with Crippen molar-refractivity contribution >= 4 is 35.0 Å². The quantitative estimate of drug-likeness (QED) is 0.841. The third-order valence-corrected chi connectivity index (χ3v) is 4.79. The van der Waals surface area contributed by atoms with Gasteiger partial charge in [-0.25, -0.2) is 0 Å². The predicted octanol–water partition coefficient (Wildman–Crippen LogP) is 4.39. The van der Waals surface area contributed by atoms with Crippen molar-refractivity contribution in [1.29, 1.82) is 0 Å². The maximum Gasteiger partial charge on any atom is 0.0439 e. The molecule has 0 aromatic heterocycles. The van der Waals surface area contributed by atoms with Crippen LogP contribution >= 0.6 is 35.0 Å². The number of thioether (sulfide) groups is 1. The van der Waals surface area contributed by atoms with Crippen LogP contribution in [0.15, 0.2) is 18.2 Å². The van der Waals surface area contributed by atoms with E-state index in [1.807, 2.05) is 23.9 Å². The van der Waals surface area contributed by atoms with Gasteiger partial charge in [-0.2, -0.15) is 11.8 Å². The zero-order chi connectivity index (χ0) is 12.8. The van der Waals surface area contributed by atoms with E-state index < -0.39 is 0 Å². The first-order valence-electron chi connectivity index (χ1n) is 5.84. The molecule has 96 valence electrons. The summed E-state index contributed by atoms with van der Waals surface area (Å²) in [6, 6.07) is 5.66. The standard InChI is InChI=1S/C13H19Cl2NS/c1-3-9(2)17-8-12(16)7-10-6-11(14)4-5-13(10)15/h4-6,9,12H,3,7-8,16H2,1-2H3. The molecule has 2 N–H and O–H groups in total. The molecule has 0 fully saturated rings. The Kier molecular flexibility index (Phi) is 6.71. The van der Waals surface area contributed by atoms with Gasteiger partial charge in [0.05, 0.1) is 0 Å². The third-order valence-electron chi connectivity index (χ3n) is 2.66. The Morgan fingerprint density at radius 2 is 2.06 bits per heavy atom. The Hall–Kier alpha value is 0.110. The summed E-state index contributed by atoms with van der Waals surface area (Å²) in [7, 11) is 0. The van der Waals surface area contributed by atoms with Gasteiger partial charge in [-0.15, -0.1) is 0 Å². The SMILES string of the molecule is CCC(C)SCC(N)Cc1cc(Cl)ccc1Cl. The van der Waals surface area contributed by atoms with Gasteiger partial charge >= 0.3 is 0 Å². The highest BCUT2D eigenvalue weighted by Gasteiger charge is 2.09. The van der Waals surface area contributed by atoms with E-state index in [9.17, 15) is 0 Å². The van der Waals surface area contributed by atoms with E-state index in [0.29, 0.717) is 10.3 Å². The lowest BCUT2D eigenvalue weighted by Gasteiger charge is -2.15. The molecule has 17 heavy (non-hydrogen) atoms. The van der Waals surface area contributed by atoms with Gasteiger partial charge in [0.2, 0.25) is 0 Å². The Morgan fingerprint density at radius 3 is 2.71 bits per heavy atom. The van der Waals surface area contributed by atoms with Crippen LogP contribution in [0.1, 0.15) is 25.8 Å². The molecule has 0 heterocycles. The summed E-state index contributed by atoms with van der Waals surface area (Å²) in [6.07, 6.45) is 1.96. The average Bonchev–Trinajstić information content (AvgIpc) is 2.30. The zero-order valence-corrected chi connectivity index (χ0v) is 12.6.